The SMILES string of the molecule is C[P+](c1ccccc1)(c1ccccc1)c1ccccc1.Clc1c(Cl)c(Cl)c2c(c1Cl)O[P-]13(O2)(Oc2c(Cl)c(Cl)c(Cl)c(Cl)c2O1)Oc1c(Cl)c(Cl)c(Cl)c(Cl)c1O3. The summed E-state index contributed by atoms with van der Waals surface area (Å²) in [7, 11) is -8.34. The van der Waals surface area contributed by atoms with Crippen molar-refractivity contribution < 1.29 is 27.1 Å². The van der Waals surface area contributed by atoms with Crippen molar-refractivity contribution in [2.45, 2.75) is 0 Å². The van der Waals surface area contributed by atoms with Crippen LogP contribution in [0, 0.1) is 0 Å². The van der Waals surface area contributed by atoms with Crippen LogP contribution in [0.3, 0.4) is 0 Å². The van der Waals surface area contributed by atoms with E-state index in [1.807, 2.05) is 0 Å². The van der Waals surface area contributed by atoms with Crippen molar-refractivity contribution in [1.29, 1.82) is 0 Å². The van der Waals surface area contributed by atoms with Gasteiger partial charge in [-0.3, -0.25) is 0 Å². The number of fused-ring (bicyclic) bond motifs is 3. The van der Waals surface area contributed by atoms with E-state index in [1.54, 1.807) is 0 Å². The first-order chi connectivity index (χ1) is 26.9. The van der Waals surface area contributed by atoms with Gasteiger partial charge in [0.2, 0.25) is 0 Å². The Morgan fingerprint density at radius 3 is 0.649 bits per heavy atom. The van der Waals surface area contributed by atoms with E-state index < -0.39 is 14.6 Å². The molecule has 9 rings (SSSR count). The molecular formula is C37H18Cl12O6P2. The fourth-order valence-electron chi connectivity index (χ4n) is 6.29. The van der Waals surface area contributed by atoms with Gasteiger partial charge in [0.1, 0.15) is 23.2 Å². The van der Waals surface area contributed by atoms with E-state index in [0.29, 0.717) is 0 Å². The summed E-state index contributed by atoms with van der Waals surface area (Å²) in [6, 6.07) is 32.6. The zero-order valence-corrected chi connectivity index (χ0v) is 38.9. The molecule has 0 aromatic heterocycles. The Balaban J connectivity index is 0.000000192. The first kappa shape index (κ1) is 42.2. The summed E-state index contributed by atoms with van der Waals surface area (Å²) in [5.41, 5.74) is 0. The second kappa shape index (κ2) is 14.5. The molecule has 0 radical (unpaired) electrons. The average Bonchev–Trinajstić information content (AvgIpc) is 3.85. The van der Waals surface area contributed by atoms with Gasteiger partial charge in [0.05, 0.1) is 6.66 Å². The van der Waals surface area contributed by atoms with Gasteiger partial charge in [0.25, 0.3) is 0 Å². The van der Waals surface area contributed by atoms with Crippen molar-refractivity contribution >= 4 is 170 Å². The Bertz CT molecular complexity index is 2270. The van der Waals surface area contributed by atoms with Gasteiger partial charge in [-0.15, -0.1) is 0 Å². The number of benzene rings is 6. The number of hydrogen-bond acceptors (Lipinski definition) is 6. The van der Waals surface area contributed by atoms with Crippen molar-refractivity contribution in [3.63, 3.8) is 0 Å². The van der Waals surface area contributed by atoms with Crippen molar-refractivity contribution in [2.75, 3.05) is 6.66 Å². The van der Waals surface area contributed by atoms with Crippen LogP contribution in [-0.4, -0.2) is 6.66 Å². The van der Waals surface area contributed by atoms with Gasteiger partial charge in [-0.05, 0) is 36.4 Å². The third kappa shape index (κ3) is 6.28. The molecule has 0 amide bonds. The monoisotopic (exact) mass is 1040 g/mol. The van der Waals surface area contributed by atoms with Gasteiger partial charge in [-0.25, -0.2) is 0 Å². The molecular weight excluding hydrogens is 1030 g/mol. The van der Waals surface area contributed by atoms with Crippen LogP contribution in [-0.2, 0) is 0 Å². The Morgan fingerprint density at radius 1 is 0.298 bits per heavy atom. The Hall–Kier alpha value is -1.54. The molecule has 3 aliphatic heterocycles. The van der Waals surface area contributed by atoms with E-state index in [1.165, 1.54) is 15.9 Å². The predicted octanol–water partition coefficient (Wildman–Crippen LogP) is 16.4. The van der Waals surface area contributed by atoms with Gasteiger partial charge < -0.3 is 0 Å². The molecule has 0 aliphatic carbocycles. The van der Waals surface area contributed by atoms with E-state index in [0.717, 1.165) is 0 Å². The van der Waals surface area contributed by atoms with Gasteiger partial charge in [0, 0.05) is 0 Å². The number of halogens is 12. The summed E-state index contributed by atoms with van der Waals surface area (Å²) in [4.78, 5) is 0. The van der Waals surface area contributed by atoms with Crippen LogP contribution in [0.2, 0.25) is 60.3 Å². The predicted molar refractivity (Wildman–Crippen MR) is 241 cm³/mol. The van der Waals surface area contributed by atoms with Crippen LogP contribution in [0.15, 0.2) is 91.0 Å². The first-order valence-electron chi connectivity index (χ1n) is 15.9. The summed E-state index contributed by atoms with van der Waals surface area (Å²) in [6.07, 6.45) is 0. The van der Waals surface area contributed by atoms with Crippen molar-refractivity contribution in [1.82, 2.24) is 0 Å². The third-order valence-electron chi connectivity index (χ3n) is 9.03. The summed E-state index contributed by atoms with van der Waals surface area (Å²) in [5.74, 6) is -2.13. The van der Waals surface area contributed by atoms with Crippen molar-refractivity contribution in [3.8, 4) is 34.5 Å². The molecule has 6 aromatic carbocycles. The van der Waals surface area contributed by atoms with E-state index in [4.69, 9.17) is 166 Å². The maximum atomic E-state index is 6.42. The maximum absolute atomic E-state index is 6.81. The molecule has 0 bridgehead atoms. The molecule has 0 N–H and O–H groups in total. The minimum absolute atomic E-state index is 0.205. The van der Waals surface area contributed by atoms with Crippen LogP contribution in [0.1, 0.15) is 0 Å². The Morgan fingerprint density at radius 2 is 0.474 bits per heavy atom. The molecule has 0 fully saturated rings. The molecule has 296 valence electrons. The van der Waals surface area contributed by atoms with Gasteiger partial charge in [0.15, 0.2) is 0 Å². The standard InChI is InChI=1S/C19H18P.C18Cl12O6P/c1-20(17-11-5-2-6-12-17,18-13-7-3-8-14-18)19-15-9-4-10-16-19;19-1-2(20)8(26)14-13(7(1)25)31-37(32-14,33-15-9(27)3(21)4(22)10(28)16(15)34-37)35-17-11(29)5(23)6(24)12(30)18(17)36-37/h2-16H,1H3;/q+1;-1. The summed E-state index contributed by atoms with van der Waals surface area (Å²) in [5, 5.41) is 1.37. The van der Waals surface area contributed by atoms with Crippen LogP contribution in [0.4, 0.5) is 0 Å². The van der Waals surface area contributed by atoms with Gasteiger partial charge in [-0.1, -0.05) is 54.6 Å². The number of hydrogen-bond donors (Lipinski definition) is 0. The van der Waals surface area contributed by atoms with Crippen molar-refractivity contribution in [3.05, 3.63) is 151 Å². The normalized spacial score (nSPS) is 17.0. The van der Waals surface area contributed by atoms with E-state index in [-0.39, 0.29) is 94.8 Å². The fourth-order valence-corrected chi connectivity index (χ4v) is 16.3. The average molecular weight is 1050 g/mol. The molecule has 0 unspecified atom stereocenters. The van der Waals surface area contributed by atoms with Crippen LogP contribution >= 0.6 is 154 Å². The van der Waals surface area contributed by atoms with Gasteiger partial charge >= 0.3 is 268 Å². The molecule has 3 aliphatic rings. The summed E-state index contributed by atoms with van der Waals surface area (Å²) >= 11 is 75.9. The van der Waals surface area contributed by atoms with E-state index in [2.05, 4.69) is 97.7 Å². The van der Waals surface area contributed by atoms with E-state index >= 15 is 0 Å². The Labute approximate surface area is 385 Å². The van der Waals surface area contributed by atoms with Crippen LogP contribution in [0.25, 0.3) is 0 Å². The summed E-state index contributed by atoms with van der Waals surface area (Å²) in [6.45, 7) is 2.41. The molecule has 3 heterocycles. The molecule has 6 nitrogen and oxygen atoms in total. The first-order valence-corrected chi connectivity index (χ1v) is 24.9. The third-order valence-corrected chi connectivity index (χ3v) is 21.7. The minimum atomic E-state index is -6.81. The quantitative estimate of drug-likeness (QED) is 0.100. The zero-order chi connectivity index (χ0) is 40.9. The van der Waals surface area contributed by atoms with E-state index in [9.17, 15) is 0 Å². The molecule has 0 saturated heterocycles. The van der Waals surface area contributed by atoms with Crippen molar-refractivity contribution in [2.24, 2.45) is 0 Å². The van der Waals surface area contributed by atoms with Crippen LogP contribution < -0.4 is 43.1 Å². The Kier molecular flexibility index (Phi) is 10.8. The molecule has 57 heavy (non-hydrogen) atoms. The molecule has 1 spiro atoms. The topological polar surface area (TPSA) is 55.4 Å². The summed E-state index contributed by atoms with van der Waals surface area (Å²) < 4.78 is 36.9. The molecule has 20 heteroatoms. The second-order valence-electron chi connectivity index (χ2n) is 12.4. The molecule has 0 saturated carbocycles. The fraction of sp³-hybridized carbons (Fsp3) is 0.0270. The molecule has 6 aromatic rings. The second-order valence-corrected chi connectivity index (χ2v) is 23.8. The molecule has 0 atom stereocenters. The van der Waals surface area contributed by atoms with Crippen LogP contribution in [0.5, 0.6) is 34.5 Å². The zero-order valence-electron chi connectivity index (χ0n) is 28.0. The number of rotatable bonds is 3. The van der Waals surface area contributed by atoms with Gasteiger partial charge in [-0.2, -0.15) is 0 Å².